The van der Waals surface area contributed by atoms with Crippen LogP contribution in [0, 0.1) is 18.6 Å². The fraction of sp³-hybridized carbons (Fsp3) is 0.409. The van der Waals surface area contributed by atoms with Crippen molar-refractivity contribution in [2.24, 2.45) is 0 Å². The van der Waals surface area contributed by atoms with Gasteiger partial charge >= 0.3 is 0 Å². The Kier molecular flexibility index (Phi) is 5.59. The summed E-state index contributed by atoms with van der Waals surface area (Å²) in [6.45, 7) is 5.67. The molecular formula is C22H24F2N4O3. The first-order chi connectivity index (χ1) is 14.6. The number of nitrogens with zero attached hydrogens (tertiary/aromatic N) is 3. The Labute approximate surface area is 178 Å². The van der Waals surface area contributed by atoms with Gasteiger partial charge in [-0.05, 0) is 44.9 Å². The van der Waals surface area contributed by atoms with Gasteiger partial charge in [-0.3, -0.25) is 4.98 Å². The topological polar surface area (TPSA) is 100 Å². The van der Waals surface area contributed by atoms with Crippen LogP contribution in [-0.2, 0) is 10.3 Å². The van der Waals surface area contributed by atoms with Gasteiger partial charge in [-0.1, -0.05) is 0 Å². The lowest BCUT2D eigenvalue weighted by Gasteiger charge is -2.28. The van der Waals surface area contributed by atoms with Crippen molar-refractivity contribution in [3.05, 3.63) is 47.3 Å². The third kappa shape index (κ3) is 4.21. The Morgan fingerprint density at radius 3 is 2.65 bits per heavy atom. The fourth-order valence-corrected chi connectivity index (χ4v) is 3.84. The molecule has 0 radical (unpaired) electrons. The monoisotopic (exact) mass is 430 g/mol. The summed E-state index contributed by atoms with van der Waals surface area (Å²) in [4.78, 5) is 12.3. The number of rotatable bonds is 4. The van der Waals surface area contributed by atoms with E-state index in [0.29, 0.717) is 29.5 Å². The van der Waals surface area contributed by atoms with Gasteiger partial charge in [-0.25, -0.2) is 18.7 Å². The first-order valence-electron chi connectivity index (χ1n) is 10.0. The summed E-state index contributed by atoms with van der Waals surface area (Å²) in [5, 5.41) is 23.9. The number of halogens is 2. The Morgan fingerprint density at radius 1 is 1.16 bits per heavy atom. The van der Waals surface area contributed by atoms with E-state index in [1.807, 2.05) is 0 Å². The van der Waals surface area contributed by atoms with Crippen LogP contribution < -0.4 is 5.32 Å². The third-order valence-electron chi connectivity index (χ3n) is 5.51. The van der Waals surface area contributed by atoms with E-state index >= 15 is 0 Å². The number of aromatic nitrogens is 3. The highest BCUT2D eigenvalue weighted by atomic mass is 19.1. The maximum absolute atomic E-state index is 14.8. The van der Waals surface area contributed by atoms with Crippen LogP contribution in [0.1, 0.15) is 31.4 Å². The summed E-state index contributed by atoms with van der Waals surface area (Å²) in [6, 6.07) is 2.45. The van der Waals surface area contributed by atoms with E-state index in [-0.39, 0.29) is 35.4 Å². The summed E-state index contributed by atoms with van der Waals surface area (Å²) in [6.07, 6.45) is 2.27. The summed E-state index contributed by atoms with van der Waals surface area (Å²) < 4.78 is 34.7. The van der Waals surface area contributed by atoms with Gasteiger partial charge in [-0.2, -0.15) is 0 Å². The van der Waals surface area contributed by atoms with Crippen molar-refractivity contribution in [2.45, 2.75) is 44.9 Å². The van der Waals surface area contributed by atoms with E-state index in [1.165, 1.54) is 12.3 Å². The average Bonchev–Trinajstić information content (AvgIpc) is 2.71. The minimum Gasteiger partial charge on any atom is -0.389 e. The number of hydrogen-bond donors (Lipinski definition) is 3. The predicted molar refractivity (Wildman–Crippen MR) is 112 cm³/mol. The zero-order chi connectivity index (χ0) is 22.3. The molecule has 2 atom stereocenters. The lowest BCUT2D eigenvalue weighted by atomic mass is 9.92. The molecule has 164 valence electrons. The number of pyridine rings is 1. The Bertz CT molecular complexity index is 1130. The second kappa shape index (κ2) is 8.07. The van der Waals surface area contributed by atoms with Crippen LogP contribution in [0.3, 0.4) is 0 Å². The van der Waals surface area contributed by atoms with Gasteiger partial charge in [0.1, 0.15) is 17.0 Å². The first-order valence-corrected chi connectivity index (χ1v) is 10.0. The van der Waals surface area contributed by atoms with E-state index in [9.17, 15) is 19.0 Å². The largest absolute Gasteiger partial charge is 0.389 e. The van der Waals surface area contributed by atoms with Gasteiger partial charge in [0.25, 0.3) is 0 Å². The third-order valence-corrected chi connectivity index (χ3v) is 5.51. The lowest BCUT2D eigenvalue weighted by molar-refractivity contribution is -0.0136. The number of aliphatic hydroxyl groups is 2. The molecule has 0 bridgehead atoms. The molecule has 0 spiro atoms. The Morgan fingerprint density at radius 2 is 1.94 bits per heavy atom. The smallest absolute Gasteiger partial charge is 0.223 e. The standard InChI is InChI=1S/C22H24F2N4O3/c1-11-13-6-12(7-15(23)20(13)25-8-14(11)22(2,3)30)19-16(24)9-26-21(28-19)27-17-4-5-31-10-18(17)29/h6-9,17-18,29-30H,4-5,10H2,1-3H3,(H,26,27,28)/t17-,18-/m1/s1. The maximum Gasteiger partial charge on any atom is 0.223 e. The first kappa shape index (κ1) is 21.5. The highest BCUT2D eigenvalue weighted by Crippen LogP contribution is 2.33. The van der Waals surface area contributed by atoms with E-state index in [0.717, 1.165) is 6.20 Å². The van der Waals surface area contributed by atoms with Crippen molar-refractivity contribution in [3.63, 3.8) is 0 Å². The molecule has 1 fully saturated rings. The van der Waals surface area contributed by atoms with Crippen molar-refractivity contribution in [3.8, 4) is 11.3 Å². The van der Waals surface area contributed by atoms with Crippen LogP contribution in [0.5, 0.6) is 0 Å². The van der Waals surface area contributed by atoms with Crippen LogP contribution >= 0.6 is 0 Å². The number of ether oxygens (including phenoxy) is 1. The molecule has 9 heteroatoms. The maximum atomic E-state index is 14.8. The minimum atomic E-state index is -1.17. The van der Waals surface area contributed by atoms with E-state index < -0.39 is 23.3 Å². The Hall–Kier alpha value is -2.75. The van der Waals surface area contributed by atoms with E-state index in [2.05, 4.69) is 20.3 Å². The van der Waals surface area contributed by atoms with Crippen LogP contribution in [0.4, 0.5) is 14.7 Å². The molecule has 1 aromatic carbocycles. The molecule has 3 N–H and O–H groups in total. The molecule has 1 saturated heterocycles. The van der Waals surface area contributed by atoms with Gasteiger partial charge in [-0.15, -0.1) is 0 Å². The number of anilines is 1. The molecule has 0 unspecified atom stereocenters. The number of fused-ring (bicyclic) bond motifs is 1. The van der Waals surface area contributed by atoms with Gasteiger partial charge in [0.15, 0.2) is 5.82 Å². The van der Waals surface area contributed by atoms with Crippen LogP contribution in [0.15, 0.2) is 24.5 Å². The van der Waals surface area contributed by atoms with Crippen molar-refractivity contribution in [1.82, 2.24) is 15.0 Å². The Balaban J connectivity index is 1.78. The van der Waals surface area contributed by atoms with Crippen LogP contribution in [0.2, 0.25) is 0 Å². The highest BCUT2D eigenvalue weighted by Gasteiger charge is 2.25. The molecule has 4 rings (SSSR count). The molecule has 0 aliphatic carbocycles. The molecular weight excluding hydrogens is 406 g/mol. The van der Waals surface area contributed by atoms with Crippen LogP contribution in [0.25, 0.3) is 22.2 Å². The molecule has 1 aliphatic rings. The fourth-order valence-electron chi connectivity index (χ4n) is 3.84. The molecule has 31 heavy (non-hydrogen) atoms. The zero-order valence-corrected chi connectivity index (χ0v) is 17.5. The second-order valence-electron chi connectivity index (χ2n) is 8.28. The minimum absolute atomic E-state index is 0.0760. The summed E-state index contributed by atoms with van der Waals surface area (Å²) in [5.74, 6) is -1.20. The summed E-state index contributed by atoms with van der Waals surface area (Å²) >= 11 is 0. The molecule has 3 heterocycles. The molecule has 3 aromatic rings. The molecule has 2 aromatic heterocycles. The number of nitrogens with one attached hydrogen (secondary N) is 1. The molecule has 0 amide bonds. The van der Waals surface area contributed by atoms with Gasteiger partial charge in [0.2, 0.25) is 5.95 Å². The number of aryl methyl sites for hydroxylation is 1. The van der Waals surface area contributed by atoms with Crippen LogP contribution in [-0.4, -0.2) is 50.5 Å². The zero-order valence-electron chi connectivity index (χ0n) is 17.5. The summed E-state index contributed by atoms with van der Waals surface area (Å²) in [5.41, 5.74) is 0.310. The summed E-state index contributed by atoms with van der Waals surface area (Å²) in [7, 11) is 0. The SMILES string of the molecule is Cc1c(C(C)(C)O)cnc2c(F)cc(-c3nc(N[C@@H]4CCOC[C@H]4O)ncc3F)cc12. The van der Waals surface area contributed by atoms with Crippen molar-refractivity contribution in [2.75, 3.05) is 18.5 Å². The predicted octanol–water partition coefficient (Wildman–Crippen LogP) is 3.07. The van der Waals surface area contributed by atoms with E-state index in [1.54, 1.807) is 26.8 Å². The van der Waals surface area contributed by atoms with Gasteiger partial charge in [0, 0.05) is 29.3 Å². The van der Waals surface area contributed by atoms with Crippen molar-refractivity contribution >= 4 is 16.9 Å². The highest BCUT2D eigenvalue weighted by molar-refractivity contribution is 5.88. The average molecular weight is 430 g/mol. The molecule has 7 nitrogen and oxygen atoms in total. The second-order valence-corrected chi connectivity index (χ2v) is 8.28. The molecule has 1 aliphatic heterocycles. The quantitative estimate of drug-likeness (QED) is 0.585. The van der Waals surface area contributed by atoms with Crippen molar-refractivity contribution in [1.29, 1.82) is 0 Å². The number of aliphatic hydroxyl groups excluding tert-OH is 1. The number of hydrogen-bond acceptors (Lipinski definition) is 7. The molecule has 0 saturated carbocycles. The van der Waals surface area contributed by atoms with E-state index in [4.69, 9.17) is 4.74 Å². The van der Waals surface area contributed by atoms with Gasteiger partial charge in [0.05, 0.1) is 30.6 Å². The van der Waals surface area contributed by atoms with Gasteiger partial charge < -0.3 is 20.3 Å². The number of benzene rings is 1. The van der Waals surface area contributed by atoms with Crippen molar-refractivity contribution < 1.29 is 23.7 Å². The normalized spacial score (nSPS) is 19.6. The lowest BCUT2D eigenvalue weighted by Crippen LogP contribution is -2.42.